The maximum absolute atomic E-state index is 12.8. The molecule has 0 radical (unpaired) electrons. The fourth-order valence-electron chi connectivity index (χ4n) is 4.58. The molecule has 34 heavy (non-hydrogen) atoms. The quantitative estimate of drug-likeness (QED) is 0.423. The van der Waals surface area contributed by atoms with E-state index in [9.17, 15) is 10.1 Å². The van der Waals surface area contributed by atoms with E-state index in [0.717, 1.165) is 56.8 Å². The van der Waals surface area contributed by atoms with Crippen molar-refractivity contribution in [2.24, 2.45) is 0 Å². The summed E-state index contributed by atoms with van der Waals surface area (Å²) in [5.74, 6) is 0.570. The van der Waals surface area contributed by atoms with Gasteiger partial charge in [-0.15, -0.1) is 0 Å². The first-order valence-electron chi connectivity index (χ1n) is 12.6. The minimum atomic E-state index is -0.227. The Hall–Kier alpha value is -3.20. The molecule has 2 aromatic heterocycles. The maximum Gasteiger partial charge on any atom is 0.270 e. The summed E-state index contributed by atoms with van der Waals surface area (Å²) in [6.45, 7) is 8.54. The zero-order valence-electron chi connectivity index (χ0n) is 21.0. The molecule has 1 N–H and O–H groups in total. The number of pyridine rings is 1. The molecule has 4 rings (SSSR count). The lowest BCUT2D eigenvalue weighted by Crippen LogP contribution is -2.27. The SMILES string of the molecule is CCCC(CCC)Nc1ncc2cc(C#N)c(=O)n(C3CCCC3)c2n1.Cc1ccc(C)cc1.[HH]. The van der Waals surface area contributed by atoms with Crippen LogP contribution in [-0.4, -0.2) is 20.6 Å². The van der Waals surface area contributed by atoms with E-state index in [1.54, 1.807) is 16.8 Å². The predicted molar refractivity (Wildman–Crippen MR) is 141 cm³/mol. The molecule has 1 aromatic carbocycles. The lowest BCUT2D eigenvalue weighted by molar-refractivity contribution is 0.515. The molecule has 182 valence electrons. The molecule has 3 aromatic rings. The van der Waals surface area contributed by atoms with Gasteiger partial charge in [0.15, 0.2) is 0 Å². The standard InChI is InChI=1S/C20H27N5O.C8H10.H2/c1-3-7-16(8-4-2)23-20-22-13-15-11-14(12-21)19(26)25(18(15)24-20)17-9-5-6-10-17;1-7-3-5-8(2)6-4-7;/h11,13,16-17H,3-10H2,1-2H3,(H,22,23,24);3-6H,1-2H3;1H. The summed E-state index contributed by atoms with van der Waals surface area (Å²) < 4.78 is 1.74. The van der Waals surface area contributed by atoms with Gasteiger partial charge in [0.2, 0.25) is 5.95 Å². The van der Waals surface area contributed by atoms with Crippen molar-refractivity contribution < 1.29 is 1.43 Å². The first-order valence-corrected chi connectivity index (χ1v) is 12.6. The third-order valence-corrected chi connectivity index (χ3v) is 6.41. The van der Waals surface area contributed by atoms with Gasteiger partial charge in [-0.1, -0.05) is 74.9 Å². The summed E-state index contributed by atoms with van der Waals surface area (Å²) in [7, 11) is 0. The minimum Gasteiger partial charge on any atom is -0.351 e. The number of nitriles is 1. The summed E-state index contributed by atoms with van der Waals surface area (Å²) >= 11 is 0. The fourth-order valence-corrected chi connectivity index (χ4v) is 4.58. The average Bonchev–Trinajstić information content (AvgIpc) is 3.36. The van der Waals surface area contributed by atoms with Crippen molar-refractivity contribution in [3.05, 3.63) is 63.6 Å². The Bertz CT molecular complexity index is 1150. The van der Waals surface area contributed by atoms with Crippen LogP contribution in [0.1, 0.15) is 89.4 Å². The van der Waals surface area contributed by atoms with E-state index in [4.69, 9.17) is 4.98 Å². The maximum atomic E-state index is 12.8. The number of hydrogen-bond acceptors (Lipinski definition) is 5. The highest BCUT2D eigenvalue weighted by molar-refractivity contribution is 5.77. The Kier molecular flexibility index (Phi) is 9.21. The van der Waals surface area contributed by atoms with E-state index >= 15 is 0 Å². The van der Waals surface area contributed by atoms with E-state index in [1.807, 2.05) is 6.07 Å². The topological polar surface area (TPSA) is 83.6 Å². The van der Waals surface area contributed by atoms with Crippen molar-refractivity contribution in [1.82, 2.24) is 14.5 Å². The van der Waals surface area contributed by atoms with Gasteiger partial charge in [-0.25, -0.2) is 4.98 Å². The smallest absolute Gasteiger partial charge is 0.270 e. The second kappa shape index (κ2) is 12.3. The van der Waals surface area contributed by atoms with Crippen LogP contribution >= 0.6 is 0 Å². The Balaban J connectivity index is 0.000000409. The molecule has 1 aliphatic rings. The van der Waals surface area contributed by atoms with Crippen LogP contribution in [0.15, 0.2) is 41.3 Å². The molecule has 0 amide bonds. The van der Waals surface area contributed by atoms with Gasteiger partial charge in [0.1, 0.15) is 17.3 Å². The highest BCUT2D eigenvalue weighted by atomic mass is 16.1. The summed E-state index contributed by atoms with van der Waals surface area (Å²) in [6.07, 6.45) is 10.2. The van der Waals surface area contributed by atoms with Gasteiger partial charge >= 0.3 is 0 Å². The monoisotopic (exact) mass is 461 g/mol. The number of rotatable bonds is 7. The molecule has 0 aliphatic heterocycles. The van der Waals surface area contributed by atoms with Gasteiger partial charge in [-0.2, -0.15) is 10.2 Å². The molecule has 1 fully saturated rings. The van der Waals surface area contributed by atoms with Crippen molar-refractivity contribution in [2.45, 2.75) is 91.1 Å². The van der Waals surface area contributed by atoms with Gasteiger partial charge in [0.05, 0.1) is 0 Å². The van der Waals surface area contributed by atoms with Crippen LogP contribution in [0, 0.1) is 25.2 Å². The van der Waals surface area contributed by atoms with Gasteiger partial charge in [0, 0.05) is 25.1 Å². The van der Waals surface area contributed by atoms with E-state index < -0.39 is 0 Å². The number of nitrogens with one attached hydrogen (secondary N) is 1. The predicted octanol–water partition coefficient (Wildman–Crippen LogP) is 6.71. The molecular weight excluding hydrogens is 422 g/mol. The number of nitrogens with zero attached hydrogens (tertiary/aromatic N) is 4. The molecule has 0 atom stereocenters. The van der Waals surface area contributed by atoms with E-state index in [-0.39, 0.29) is 18.6 Å². The molecule has 6 heteroatoms. The Morgan fingerprint density at radius 1 is 1.12 bits per heavy atom. The van der Waals surface area contributed by atoms with Crippen LogP contribution in [0.25, 0.3) is 11.0 Å². The summed E-state index contributed by atoms with van der Waals surface area (Å²) in [5.41, 5.74) is 3.25. The van der Waals surface area contributed by atoms with Crippen LogP contribution in [0.5, 0.6) is 0 Å². The third-order valence-electron chi connectivity index (χ3n) is 6.41. The van der Waals surface area contributed by atoms with Gasteiger partial charge in [-0.3, -0.25) is 9.36 Å². The molecule has 1 saturated carbocycles. The zero-order valence-corrected chi connectivity index (χ0v) is 21.0. The number of fused-ring (bicyclic) bond motifs is 1. The van der Waals surface area contributed by atoms with E-state index in [0.29, 0.717) is 17.6 Å². The first kappa shape index (κ1) is 25.4. The third kappa shape index (κ3) is 6.44. The fraction of sp³-hybridized carbons (Fsp3) is 0.500. The van der Waals surface area contributed by atoms with Crippen molar-refractivity contribution in [3.8, 4) is 6.07 Å². The van der Waals surface area contributed by atoms with Crippen molar-refractivity contribution >= 4 is 17.0 Å². The lowest BCUT2D eigenvalue weighted by atomic mass is 10.1. The second-order valence-electron chi connectivity index (χ2n) is 9.33. The highest BCUT2D eigenvalue weighted by Crippen LogP contribution is 2.30. The normalized spacial score (nSPS) is 13.5. The molecular formula is C28H39N5O. The summed E-state index contributed by atoms with van der Waals surface area (Å²) in [6, 6.07) is 12.6. The number of benzene rings is 1. The van der Waals surface area contributed by atoms with E-state index in [1.165, 1.54) is 11.1 Å². The van der Waals surface area contributed by atoms with Crippen LogP contribution in [0.4, 0.5) is 5.95 Å². The number of aryl methyl sites for hydroxylation is 2. The molecule has 0 unspecified atom stereocenters. The summed E-state index contributed by atoms with van der Waals surface area (Å²) in [5, 5.41) is 13.5. The Morgan fingerprint density at radius 3 is 2.24 bits per heavy atom. The van der Waals surface area contributed by atoms with Crippen LogP contribution in [-0.2, 0) is 0 Å². The van der Waals surface area contributed by atoms with E-state index in [2.05, 4.69) is 62.3 Å². The zero-order chi connectivity index (χ0) is 24.5. The van der Waals surface area contributed by atoms with Crippen LogP contribution in [0.2, 0.25) is 0 Å². The van der Waals surface area contributed by atoms with Gasteiger partial charge in [0.25, 0.3) is 5.56 Å². The second-order valence-corrected chi connectivity index (χ2v) is 9.33. The van der Waals surface area contributed by atoms with Gasteiger partial charge < -0.3 is 5.32 Å². The molecule has 0 bridgehead atoms. The Labute approximate surface area is 204 Å². The highest BCUT2D eigenvalue weighted by Gasteiger charge is 2.23. The van der Waals surface area contributed by atoms with Gasteiger partial charge in [-0.05, 0) is 45.6 Å². The largest absolute Gasteiger partial charge is 0.351 e. The average molecular weight is 462 g/mol. The number of hydrogen-bond donors (Lipinski definition) is 1. The minimum absolute atomic E-state index is 0. The first-order chi connectivity index (χ1) is 16.5. The molecule has 6 nitrogen and oxygen atoms in total. The molecule has 2 heterocycles. The van der Waals surface area contributed by atoms with Crippen LogP contribution < -0.4 is 10.9 Å². The molecule has 0 saturated heterocycles. The van der Waals surface area contributed by atoms with Crippen molar-refractivity contribution in [3.63, 3.8) is 0 Å². The summed E-state index contributed by atoms with van der Waals surface area (Å²) in [4.78, 5) is 21.9. The number of aromatic nitrogens is 3. The van der Waals surface area contributed by atoms with Crippen LogP contribution in [0.3, 0.4) is 0 Å². The molecule has 0 spiro atoms. The van der Waals surface area contributed by atoms with Crippen molar-refractivity contribution in [1.29, 1.82) is 5.26 Å². The molecule has 1 aliphatic carbocycles. The lowest BCUT2D eigenvalue weighted by Gasteiger charge is -2.19. The van der Waals surface area contributed by atoms with Crippen molar-refractivity contribution in [2.75, 3.05) is 5.32 Å². The number of anilines is 1. The Morgan fingerprint density at radius 2 is 1.71 bits per heavy atom.